The van der Waals surface area contributed by atoms with Gasteiger partial charge in [0.25, 0.3) is 0 Å². The number of oxazole rings is 1. The maximum Gasteiger partial charge on any atom is 0.216 e. The standard InChI is InChI=1S/C23H34N4O3.HI/c1-6-24-22(25-14-21-27-17(3)18(4)30-21)26-15-23(9-11-29-12-10-23)19-13-16(2)7-8-20(19)28-5;/h7-8,13H,6,9-12,14-15H2,1-5H3,(H2,24,25,26);1H. The third-order valence-electron chi connectivity index (χ3n) is 5.76. The Morgan fingerprint density at radius 3 is 2.55 bits per heavy atom. The normalized spacial score (nSPS) is 15.8. The van der Waals surface area contributed by atoms with Crippen molar-refractivity contribution in [1.82, 2.24) is 15.6 Å². The van der Waals surface area contributed by atoms with E-state index in [4.69, 9.17) is 13.9 Å². The van der Waals surface area contributed by atoms with E-state index in [0.717, 1.165) is 62.3 Å². The van der Waals surface area contributed by atoms with Crippen molar-refractivity contribution in [1.29, 1.82) is 0 Å². The van der Waals surface area contributed by atoms with Crippen LogP contribution in [0.2, 0.25) is 0 Å². The largest absolute Gasteiger partial charge is 0.496 e. The van der Waals surface area contributed by atoms with Gasteiger partial charge >= 0.3 is 0 Å². The minimum absolute atomic E-state index is 0. The molecule has 172 valence electrons. The molecule has 1 fully saturated rings. The van der Waals surface area contributed by atoms with Gasteiger partial charge in [0, 0.05) is 37.3 Å². The van der Waals surface area contributed by atoms with Crippen LogP contribution in [0.5, 0.6) is 5.75 Å². The number of ether oxygens (including phenoxy) is 2. The maximum absolute atomic E-state index is 5.72. The fourth-order valence-corrected chi connectivity index (χ4v) is 3.89. The molecule has 0 saturated carbocycles. The molecule has 0 spiro atoms. The Morgan fingerprint density at radius 1 is 1.19 bits per heavy atom. The molecule has 7 nitrogen and oxygen atoms in total. The van der Waals surface area contributed by atoms with Gasteiger partial charge in [-0.15, -0.1) is 24.0 Å². The molecule has 2 heterocycles. The third-order valence-corrected chi connectivity index (χ3v) is 5.76. The number of hydrogen-bond acceptors (Lipinski definition) is 5. The number of rotatable bonds is 7. The molecule has 3 rings (SSSR count). The summed E-state index contributed by atoms with van der Waals surface area (Å²) >= 11 is 0. The monoisotopic (exact) mass is 542 g/mol. The van der Waals surface area contributed by atoms with Crippen molar-refractivity contribution in [3.63, 3.8) is 0 Å². The number of aryl methyl sites for hydroxylation is 3. The van der Waals surface area contributed by atoms with E-state index in [1.165, 1.54) is 11.1 Å². The Hall–Kier alpha value is -1.81. The molecule has 31 heavy (non-hydrogen) atoms. The number of benzene rings is 1. The van der Waals surface area contributed by atoms with Crippen LogP contribution in [0.25, 0.3) is 0 Å². The molecular weight excluding hydrogens is 507 g/mol. The molecule has 0 unspecified atom stereocenters. The van der Waals surface area contributed by atoms with Crippen molar-refractivity contribution in [3.8, 4) is 5.75 Å². The highest BCUT2D eigenvalue weighted by molar-refractivity contribution is 14.0. The van der Waals surface area contributed by atoms with Gasteiger partial charge in [0.05, 0.1) is 12.8 Å². The zero-order chi connectivity index (χ0) is 21.6. The van der Waals surface area contributed by atoms with Crippen molar-refractivity contribution in [3.05, 3.63) is 46.7 Å². The number of methoxy groups -OCH3 is 1. The molecule has 1 aromatic carbocycles. The van der Waals surface area contributed by atoms with Crippen molar-refractivity contribution < 1.29 is 13.9 Å². The third kappa shape index (κ3) is 6.35. The predicted octanol–water partition coefficient (Wildman–Crippen LogP) is 4.03. The van der Waals surface area contributed by atoms with E-state index in [-0.39, 0.29) is 29.4 Å². The molecule has 1 aliphatic rings. The lowest BCUT2D eigenvalue weighted by molar-refractivity contribution is 0.0505. The summed E-state index contributed by atoms with van der Waals surface area (Å²) in [6.45, 7) is 11.4. The lowest BCUT2D eigenvalue weighted by atomic mass is 9.73. The van der Waals surface area contributed by atoms with Crippen LogP contribution in [-0.4, -0.2) is 44.4 Å². The number of hydrogen-bond donors (Lipinski definition) is 2. The summed E-state index contributed by atoms with van der Waals surface area (Å²) in [5.41, 5.74) is 3.29. The van der Waals surface area contributed by atoms with Crippen LogP contribution in [0.3, 0.4) is 0 Å². The molecule has 0 radical (unpaired) electrons. The SMILES string of the molecule is CCNC(=NCc1nc(C)c(C)o1)NCC1(c2cc(C)ccc2OC)CCOCC1.I. The Morgan fingerprint density at radius 2 is 1.94 bits per heavy atom. The topological polar surface area (TPSA) is 80.9 Å². The first-order chi connectivity index (χ1) is 14.5. The fourth-order valence-electron chi connectivity index (χ4n) is 3.89. The highest BCUT2D eigenvalue weighted by Crippen LogP contribution is 2.40. The van der Waals surface area contributed by atoms with Crippen LogP contribution in [0.1, 0.15) is 48.2 Å². The highest BCUT2D eigenvalue weighted by Gasteiger charge is 2.37. The number of nitrogens with zero attached hydrogens (tertiary/aromatic N) is 2. The van der Waals surface area contributed by atoms with Crippen LogP contribution in [0.4, 0.5) is 0 Å². The Bertz CT molecular complexity index is 856. The molecule has 1 saturated heterocycles. The zero-order valence-corrected chi connectivity index (χ0v) is 21.5. The van der Waals surface area contributed by atoms with Gasteiger partial charge < -0.3 is 24.5 Å². The second-order valence-corrected chi connectivity index (χ2v) is 7.89. The van der Waals surface area contributed by atoms with Gasteiger partial charge in [-0.05, 0) is 46.6 Å². The molecule has 0 amide bonds. The van der Waals surface area contributed by atoms with Gasteiger partial charge in [0.1, 0.15) is 18.1 Å². The molecule has 0 atom stereocenters. The van der Waals surface area contributed by atoms with Crippen LogP contribution in [-0.2, 0) is 16.7 Å². The van der Waals surface area contributed by atoms with E-state index in [0.29, 0.717) is 12.4 Å². The number of nitrogens with one attached hydrogen (secondary N) is 2. The van der Waals surface area contributed by atoms with Crippen molar-refractivity contribution in [2.45, 2.75) is 52.5 Å². The first-order valence-electron chi connectivity index (χ1n) is 10.7. The molecule has 0 bridgehead atoms. The summed E-state index contributed by atoms with van der Waals surface area (Å²) in [7, 11) is 1.74. The molecule has 1 aromatic heterocycles. The first kappa shape index (κ1) is 25.5. The van der Waals surface area contributed by atoms with E-state index >= 15 is 0 Å². The van der Waals surface area contributed by atoms with Crippen LogP contribution in [0.15, 0.2) is 27.6 Å². The van der Waals surface area contributed by atoms with Gasteiger partial charge in [0.15, 0.2) is 5.96 Å². The number of guanidine groups is 1. The minimum atomic E-state index is -0.0814. The first-order valence-corrected chi connectivity index (χ1v) is 10.7. The van der Waals surface area contributed by atoms with Crippen molar-refractivity contribution in [2.24, 2.45) is 4.99 Å². The smallest absolute Gasteiger partial charge is 0.216 e. The quantitative estimate of drug-likeness (QED) is 0.313. The average molecular weight is 542 g/mol. The number of halogens is 1. The van der Waals surface area contributed by atoms with Crippen molar-refractivity contribution in [2.75, 3.05) is 33.4 Å². The molecule has 0 aliphatic carbocycles. The molecule has 8 heteroatoms. The predicted molar refractivity (Wildman–Crippen MR) is 134 cm³/mol. The summed E-state index contributed by atoms with van der Waals surface area (Å²) in [6.07, 6.45) is 1.86. The van der Waals surface area contributed by atoms with Crippen molar-refractivity contribution >= 4 is 29.9 Å². The summed E-state index contributed by atoms with van der Waals surface area (Å²) in [5, 5.41) is 6.88. The zero-order valence-electron chi connectivity index (χ0n) is 19.2. The molecule has 2 N–H and O–H groups in total. The van der Waals surface area contributed by atoms with Crippen LogP contribution >= 0.6 is 24.0 Å². The molecule has 2 aromatic rings. The van der Waals surface area contributed by atoms with E-state index in [2.05, 4.69) is 52.7 Å². The van der Waals surface area contributed by atoms with Gasteiger partial charge in [0.2, 0.25) is 5.89 Å². The van der Waals surface area contributed by atoms with Gasteiger partial charge in [-0.1, -0.05) is 17.7 Å². The molecular formula is C23H35IN4O3. The van der Waals surface area contributed by atoms with Gasteiger partial charge in [-0.2, -0.15) is 0 Å². The van der Waals surface area contributed by atoms with E-state index in [1.54, 1.807) is 7.11 Å². The Labute approximate surface area is 202 Å². The van der Waals surface area contributed by atoms with Crippen LogP contribution < -0.4 is 15.4 Å². The number of aliphatic imine (C=N–C) groups is 1. The van der Waals surface area contributed by atoms with Gasteiger partial charge in [-0.3, -0.25) is 0 Å². The Kier molecular flexibility index (Phi) is 9.61. The summed E-state index contributed by atoms with van der Waals surface area (Å²) in [6, 6.07) is 6.40. The van der Waals surface area contributed by atoms with E-state index in [9.17, 15) is 0 Å². The van der Waals surface area contributed by atoms with E-state index < -0.39 is 0 Å². The molecule has 1 aliphatic heterocycles. The summed E-state index contributed by atoms with van der Waals surface area (Å²) in [4.78, 5) is 9.11. The highest BCUT2D eigenvalue weighted by atomic mass is 127. The van der Waals surface area contributed by atoms with Crippen LogP contribution in [0, 0.1) is 20.8 Å². The summed E-state index contributed by atoms with van der Waals surface area (Å²) in [5.74, 6) is 3.15. The second-order valence-electron chi connectivity index (χ2n) is 7.89. The fraction of sp³-hybridized carbons (Fsp3) is 0.565. The lowest BCUT2D eigenvalue weighted by Gasteiger charge is -2.39. The second kappa shape index (κ2) is 11.7. The Balaban J connectivity index is 0.00000341. The maximum atomic E-state index is 5.72. The summed E-state index contributed by atoms with van der Waals surface area (Å²) < 4.78 is 17.1. The minimum Gasteiger partial charge on any atom is -0.496 e. The number of aromatic nitrogens is 1. The van der Waals surface area contributed by atoms with Gasteiger partial charge in [-0.25, -0.2) is 9.98 Å². The average Bonchev–Trinajstić information content (AvgIpc) is 3.08. The van der Waals surface area contributed by atoms with E-state index in [1.807, 2.05) is 13.8 Å². The lowest BCUT2D eigenvalue weighted by Crippen LogP contribution is -2.48.